The highest BCUT2D eigenvalue weighted by Gasteiger charge is 2.29. The second-order valence-corrected chi connectivity index (χ2v) is 7.54. The molecule has 22 heavy (non-hydrogen) atoms. The molecule has 0 aliphatic heterocycles. The Morgan fingerprint density at radius 3 is 2.91 bits per heavy atom. The van der Waals surface area contributed by atoms with E-state index in [9.17, 15) is 4.79 Å². The van der Waals surface area contributed by atoms with Gasteiger partial charge in [-0.2, -0.15) is 0 Å². The molecule has 5 heteroatoms. The minimum Gasteiger partial charge on any atom is -0.367 e. The third kappa shape index (κ3) is 2.41. The Morgan fingerprint density at radius 2 is 2.09 bits per heavy atom. The number of carbonyl (C=O) groups is 1. The molecule has 2 aliphatic carbocycles. The van der Waals surface area contributed by atoms with Gasteiger partial charge in [-0.05, 0) is 37.2 Å². The molecule has 2 aromatic heterocycles. The van der Waals surface area contributed by atoms with Crippen LogP contribution in [0.2, 0.25) is 0 Å². The van der Waals surface area contributed by atoms with Crippen LogP contribution < -0.4 is 5.32 Å². The fraction of sp³-hybridized carbons (Fsp3) is 0.588. The average molecular weight is 315 g/mol. The van der Waals surface area contributed by atoms with Crippen molar-refractivity contribution in [3.8, 4) is 0 Å². The first kappa shape index (κ1) is 14.1. The predicted molar refractivity (Wildman–Crippen MR) is 89.7 cm³/mol. The van der Waals surface area contributed by atoms with Crippen LogP contribution in [0.25, 0.3) is 10.2 Å². The molecule has 1 fully saturated rings. The van der Waals surface area contributed by atoms with Crippen molar-refractivity contribution >= 4 is 33.7 Å². The average Bonchev–Trinajstić information content (AvgIpc) is 3.09. The van der Waals surface area contributed by atoms with Crippen LogP contribution in [0.4, 0.5) is 5.82 Å². The van der Waals surface area contributed by atoms with Crippen LogP contribution >= 0.6 is 11.3 Å². The molecule has 1 saturated carbocycles. The number of hydrogen-bond donors (Lipinski definition) is 1. The number of rotatable bonds is 4. The maximum Gasteiger partial charge on any atom is 0.138 e. The first-order valence-electron chi connectivity index (χ1n) is 8.33. The molecule has 2 heterocycles. The van der Waals surface area contributed by atoms with E-state index >= 15 is 0 Å². The third-order valence-electron chi connectivity index (χ3n) is 5.06. The molecule has 1 atom stereocenters. The van der Waals surface area contributed by atoms with Crippen molar-refractivity contribution in [2.24, 2.45) is 0 Å². The van der Waals surface area contributed by atoms with Gasteiger partial charge in [0.2, 0.25) is 0 Å². The normalized spacial score (nSPS) is 21.9. The fourth-order valence-corrected chi connectivity index (χ4v) is 5.21. The van der Waals surface area contributed by atoms with Crippen LogP contribution in [0.1, 0.15) is 61.3 Å². The lowest BCUT2D eigenvalue weighted by atomic mass is 9.95. The van der Waals surface area contributed by atoms with Gasteiger partial charge in [-0.3, -0.25) is 0 Å². The van der Waals surface area contributed by atoms with E-state index in [2.05, 4.69) is 15.3 Å². The highest BCUT2D eigenvalue weighted by Crippen LogP contribution is 2.46. The van der Waals surface area contributed by atoms with E-state index in [1.54, 1.807) is 17.7 Å². The van der Waals surface area contributed by atoms with Crippen LogP contribution in [-0.2, 0) is 11.2 Å². The molecule has 4 rings (SSSR count). The first-order valence-corrected chi connectivity index (χ1v) is 9.15. The Kier molecular flexibility index (Phi) is 3.82. The van der Waals surface area contributed by atoms with Gasteiger partial charge >= 0.3 is 0 Å². The Balaban J connectivity index is 1.73. The summed E-state index contributed by atoms with van der Waals surface area (Å²) in [6.45, 7) is 0. The number of aldehydes is 1. The number of nitrogens with one attached hydrogen (secondary N) is 1. The SMILES string of the molecule is O=CCC1CCc2sc3ncnc(NC4CCCCC4)c3c21. The van der Waals surface area contributed by atoms with Gasteiger partial charge in [0.05, 0.1) is 5.39 Å². The van der Waals surface area contributed by atoms with Crippen LogP contribution in [0.15, 0.2) is 6.33 Å². The molecule has 116 valence electrons. The smallest absolute Gasteiger partial charge is 0.138 e. The second-order valence-electron chi connectivity index (χ2n) is 6.46. The van der Waals surface area contributed by atoms with Gasteiger partial charge in [-0.1, -0.05) is 19.3 Å². The summed E-state index contributed by atoms with van der Waals surface area (Å²) in [6.07, 6.45) is 12.0. The van der Waals surface area contributed by atoms with Gasteiger partial charge in [0.25, 0.3) is 0 Å². The van der Waals surface area contributed by atoms with E-state index in [0.29, 0.717) is 18.4 Å². The molecule has 0 amide bonds. The number of fused-ring (bicyclic) bond motifs is 3. The lowest BCUT2D eigenvalue weighted by Crippen LogP contribution is -2.23. The molecular weight excluding hydrogens is 294 g/mol. The zero-order valence-electron chi connectivity index (χ0n) is 12.7. The molecule has 0 bridgehead atoms. The summed E-state index contributed by atoms with van der Waals surface area (Å²) in [7, 11) is 0. The molecule has 4 nitrogen and oxygen atoms in total. The third-order valence-corrected chi connectivity index (χ3v) is 6.23. The summed E-state index contributed by atoms with van der Waals surface area (Å²) < 4.78 is 0. The zero-order valence-corrected chi connectivity index (χ0v) is 13.5. The lowest BCUT2D eigenvalue weighted by molar-refractivity contribution is -0.108. The first-order chi connectivity index (χ1) is 10.9. The molecule has 0 aromatic carbocycles. The van der Waals surface area contributed by atoms with Crippen molar-refractivity contribution < 1.29 is 4.79 Å². The summed E-state index contributed by atoms with van der Waals surface area (Å²) in [4.78, 5) is 22.5. The summed E-state index contributed by atoms with van der Waals surface area (Å²) in [5.41, 5.74) is 1.35. The molecule has 0 spiro atoms. The summed E-state index contributed by atoms with van der Waals surface area (Å²) >= 11 is 1.79. The molecule has 0 radical (unpaired) electrons. The number of nitrogens with zero attached hydrogens (tertiary/aromatic N) is 2. The van der Waals surface area contributed by atoms with Gasteiger partial charge in [-0.25, -0.2) is 9.97 Å². The minimum atomic E-state index is 0.360. The van der Waals surface area contributed by atoms with E-state index in [-0.39, 0.29) is 0 Å². The minimum absolute atomic E-state index is 0.360. The molecule has 1 unspecified atom stereocenters. The topological polar surface area (TPSA) is 54.9 Å². The van der Waals surface area contributed by atoms with Gasteiger partial charge in [0, 0.05) is 17.3 Å². The zero-order chi connectivity index (χ0) is 14.9. The Morgan fingerprint density at radius 1 is 1.23 bits per heavy atom. The van der Waals surface area contributed by atoms with Gasteiger partial charge in [0.15, 0.2) is 0 Å². The Hall–Kier alpha value is -1.49. The number of thiophene rings is 1. The number of hydrogen-bond acceptors (Lipinski definition) is 5. The number of aromatic nitrogens is 2. The number of anilines is 1. The molecule has 1 N–H and O–H groups in total. The Bertz CT molecular complexity index is 691. The highest BCUT2D eigenvalue weighted by molar-refractivity contribution is 7.19. The van der Waals surface area contributed by atoms with Gasteiger partial charge in [0.1, 0.15) is 23.3 Å². The standard InChI is InChI=1S/C17H21N3OS/c21-9-8-11-6-7-13-14(11)15-16(18-10-19-17(15)22-13)20-12-4-2-1-3-5-12/h9-12H,1-8H2,(H,18,19,20). The quantitative estimate of drug-likeness (QED) is 0.865. The van der Waals surface area contributed by atoms with Crippen LogP contribution in [-0.4, -0.2) is 22.3 Å². The highest BCUT2D eigenvalue weighted by atomic mass is 32.1. The number of aryl methyl sites for hydroxylation is 1. The monoisotopic (exact) mass is 315 g/mol. The van der Waals surface area contributed by atoms with Crippen molar-refractivity contribution in [1.29, 1.82) is 0 Å². The van der Waals surface area contributed by atoms with E-state index < -0.39 is 0 Å². The summed E-state index contributed by atoms with van der Waals surface area (Å²) in [5.74, 6) is 1.35. The molecule has 2 aliphatic rings. The van der Waals surface area contributed by atoms with E-state index in [4.69, 9.17) is 0 Å². The van der Waals surface area contributed by atoms with Crippen LogP contribution in [0, 0.1) is 0 Å². The maximum atomic E-state index is 11.0. The van der Waals surface area contributed by atoms with Crippen molar-refractivity contribution in [1.82, 2.24) is 9.97 Å². The fourth-order valence-electron chi connectivity index (χ4n) is 3.97. The summed E-state index contributed by atoms with van der Waals surface area (Å²) in [5, 5.41) is 4.86. The van der Waals surface area contributed by atoms with Crippen molar-refractivity contribution in [2.45, 2.75) is 63.3 Å². The summed E-state index contributed by atoms with van der Waals surface area (Å²) in [6, 6.07) is 0.535. The van der Waals surface area contributed by atoms with Crippen molar-refractivity contribution in [2.75, 3.05) is 5.32 Å². The van der Waals surface area contributed by atoms with Crippen LogP contribution in [0.3, 0.4) is 0 Å². The number of carbonyl (C=O) groups excluding carboxylic acids is 1. The molecular formula is C17H21N3OS. The largest absolute Gasteiger partial charge is 0.367 e. The van der Waals surface area contributed by atoms with Gasteiger partial charge < -0.3 is 10.1 Å². The maximum absolute atomic E-state index is 11.0. The van der Waals surface area contributed by atoms with Crippen molar-refractivity contribution in [3.63, 3.8) is 0 Å². The van der Waals surface area contributed by atoms with Crippen molar-refractivity contribution in [3.05, 3.63) is 16.8 Å². The molecule has 0 saturated heterocycles. The Labute approximate surface area is 134 Å². The second kappa shape index (κ2) is 5.95. The van der Waals surface area contributed by atoms with E-state index in [1.807, 2.05) is 0 Å². The predicted octanol–water partition coefficient (Wildman–Crippen LogP) is 4.05. The van der Waals surface area contributed by atoms with Crippen LogP contribution in [0.5, 0.6) is 0 Å². The molecule has 2 aromatic rings. The van der Waals surface area contributed by atoms with Gasteiger partial charge in [-0.15, -0.1) is 11.3 Å². The van der Waals surface area contributed by atoms with E-state index in [1.165, 1.54) is 47.9 Å². The lowest BCUT2D eigenvalue weighted by Gasteiger charge is -2.24. The van der Waals surface area contributed by atoms with E-state index in [0.717, 1.165) is 29.8 Å².